The number of nitrogens with zero attached hydrogens (tertiary/aromatic N) is 3. The summed E-state index contributed by atoms with van der Waals surface area (Å²) in [6, 6.07) is 14.2. The van der Waals surface area contributed by atoms with Gasteiger partial charge in [0.15, 0.2) is 0 Å². The molecule has 1 aromatic heterocycles. The Labute approximate surface area is 262 Å². The van der Waals surface area contributed by atoms with Crippen molar-refractivity contribution < 1.29 is 24.2 Å². The second kappa shape index (κ2) is 10.0. The van der Waals surface area contributed by atoms with Crippen LogP contribution in [0.4, 0.5) is 0 Å². The third-order valence-electron chi connectivity index (χ3n) is 10.8. The number of nitrogens with one attached hydrogen (secondary N) is 2. The number of carbonyl (C=O) groups excluding carboxylic acids is 3. The molecule has 5 heterocycles. The van der Waals surface area contributed by atoms with Crippen molar-refractivity contribution in [2.24, 2.45) is 11.8 Å². The zero-order valence-corrected chi connectivity index (χ0v) is 25.8. The van der Waals surface area contributed by atoms with Gasteiger partial charge in [0.1, 0.15) is 12.1 Å². The molecule has 3 amide bonds. The van der Waals surface area contributed by atoms with Gasteiger partial charge in [-0.05, 0) is 54.6 Å². The summed E-state index contributed by atoms with van der Waals surface area (Å²) in [5.74, 6) is -4.27. The number of aliphatic hydroxyl groups is 1. The van der Waals surface area contributed by atoms with E-state index < -0.39 is 41.5 Å². The second-order valence-corrected chi connectivity index (χ2v) is 13.6. The van der Waals surface area contributed by atoms with Crippen LogP contribution in [0.2, 0.25) is 0 Å². The van der Waals surface area contributed by atoms with Gasteiger partial charge in [0, 0.05) is 48.6 Å². The van der Waals surface area contributed by atoms with E-state index in [2.05, 4.69) is 33.5 Å². The zero-order chi connectivity index (χ0) is 31.2. The van der Waals surface area contributed by atoms with Gasteiger partial charge in [-0.25, -0.2) is 0 Å². The molecule has 8 rings (SSSR count). The first kappa shape index (κ1) is 28.5. The third-order valence-corrected chi connectivity index (χ3v) is 10.8. The minimum absolute atomic E-state index is 0.138. The minimum Gasteiger partial charge on any atom is -0.361 e. The molecule has 2 aromatic carbocycles. The van der Waals surface area contributed by atoms with E-state index in [1.165, 1.54) is 15.8 Å². The third kappa shape index (κ3) is 4.01. The van der Waals surface area contributed by atoms with Gasteiger partial charge in [-0.3, -0.25) is 28.9 Å². The van der Waals surface area contributed by atoms with Gasteiger partial charge in [-0.1, -0.05) is 62.4 Å². The van der Waals surface area contributed by atoms with Crippen molar-refractivity contribution in [3.8, 4) is 0 Å². The van der Waals surface area contributed by atoms with Crippen LogP contribution in [-0.2, 0) is 32.0 Å². The highest BCUT2D eigenvalue weighted by Gasteiger charge is 2.72. The van der Waals surface area contributed by atoms with Crippen LogP contribution >= 0.6 is 0 Å². The predicted molar refractivity (Wildman–Crippen MR) is 167 cm³/mol. The van der Waals surface area contributed by atoms with E-state index in [9.17, 15) is 19.5 Å². The van der Waals surface area contributed by atoms with Crippen molar-refractivity contribution in [2.75, 3.05) is 20.1 Å². The number of rotatable bonds is 5. The van der Waals surface area contributed by atoms with Crippen molar-refractivity contribution in [3.05, 3.63) is 77.5 Å². The average Bonchev–Trinajstić information content (AvgIpc) is 3.74. The maximum atomic E-state index is 14.6. The van der Waals surface area contributed by atoms with Crippen LogP contribution in [0.25, 0.3) is 16.5 Å². The highest BCUT2D eigenvalue weighted by atomic mass is 16.7. The lowest BCUT2D eigenvalue weighted by Gasteiger charge is -2.48. The highest BCUT2D eigenvalue weighted by Crippen LogP contribution is 2.48. The predicted octanol–water partition coefficient (Wildman–Crippen LogP) is 2.63. The number of aromatic nitrogens is 1. The first-order valence-corrected chi connectivity index (χ1v) is 16.1. The number of likely N-dealkylation sites (N-methyl/N-ethyl adjacent to an activating group) is 1. The Hall–Kier alpha value is -3.99. The Morgan fingerprint density at radius 2 is 1.96 bits per heavy atom. The molecule has 45 heavy (non-hydrogen) atoms. The molecule has 4 aliphatic heterocycles. The minimum atomic E-state index is -2.06. The van der Waals surface area contributed by atoms with E-state index in [0.29, 0.717) is 25.9 Å². The molecule has 234 valence electrons. The summed E-state index contributed by atoms with van der Waals surface area (Å²) in [7, 11) is 2.03. The molecule has 0 spiro atoms. The molecule has 3 aromatic rings. The number of amides is 3. The molecule has 0 radical (unpaired) electrons. The van der Waals surface area contributed by atoms with Gasteiger partial charge in [0.2, 0.25) is 17.5 Å². The lowest BCUT2D eigenvalue weighted by atomic mass is 9.79. The summed E-state index contributed by atoms with van der Waals surface area (Å²) in [5, 5.41) is 16.5. The van der Waals surface area contributed by atoms with Gasteiger partial charge in [-0.15, -0.1) is 0 Å². The molecule has 0 saturated carbocycles. The van der Waals surface area contributed by atoms with Crippen LogP contribution in [0.1, 0.15) is 43.4 Å². The van der Waals surface area contributed by atoms with Gasteiger partial charge >= 0.3 is 0 Å². The summed E-state index contributed by atoms with van der Waals surface area (Å²) >= 11 is 0. The molecule has 3 fully saturated rings. The van der Waals surface area contributed by atoms with Crippen molar-refractivity contribution >= 4 is 34.2 Å². The number of hydrogen-bond donors (Lipinski definition) is 3. The monoisotopic (exact) mass is 609 g/mol. The summed E-state index contributed by atoms with van der Waals surface area (Å²) in [5.41, 5.74) is 3.59. The number of piperazine rings is 1. The Bertz CT molecular complexity index is 1750. The van der Waals surface area contributed by atoms with Crippen molar-refractivity contribution in [1.29, 1.82) is 0 Å². The molecular weight excluding hydrogens is 570 g/mol. The molecule has 10 heteroatoms. The van der Waals surface area contributed by atoms with E-state index in [-0.39, 0.29) is 24.3 Å². The van der Waals surface area contributed by atoms with E-state index >= 15 is 0 Å². The number of benzene rings is 2. The topological polar surface area (TPSA) is 118 Å². The number of carbonyl (C=O) groups is 3. The second-order valence-electron chi connectivity index (χ2n) is 13.6. The van der Waals surface area contributed by atoms with Gasteiger partial charge in [0.05, 0.1) is 5.92 Å². The van der Waals surface area contributed by atoms with Crippen LogP contribution in [0.15, 0.2) is 60.8 Å². The van der Waals surface area contributed by atoms with Gasteiger partial charge < -0.3 is 20.3 Å². The number of H-pyrrole nitrogens is 1. The fourth-order valence-electron chi connectivity index (χ4n) is 8.47. The molecule has 3 saturated heterocycles. The van der Waals surface area contributed by atoms with E-state index in [4.69, 9.17) is 4.74 Å². The summed E-state index contributed by atoms with van der Waals surface area (Å²) < 4.78 is 6.49. The summed E-state index contributed by atoms with van der Waals surface area (Å²) in [6.07, 6.45) is 6.40. The maximum Gasteiger partial charge on any atom is 0.281 e. The first-order chi connectivity index (χ1) is 21.6. The average molecular weight is 610 g/mol. The van der Waals surface area contributed by atoms with Crippen LogP contribution in [0.3, 0.4) is 0 Å². The lowest BCUT2D eigenvalue weighted by Crippen LogP contribution is -2.71. The Morgan fingerprint density at radius 1 is 1.16 bits per heavy atom. The Morgan fingerprint density at radius 3 is 2.73 bits per heavy atom. The van der Waals surface area contributed by atoms with E-state index in [1.807, 2.05) is 49.5 Å². The van der Waals surface area contributed by atoms with E-state index in [1.54, 1.807) is 18.7 Å². The molecule has 6 atom stereocenters. The van der Waals surface area contributed by atoms with Crippen LogP contribution in [0, 0.1) is 11.8 Å². The molecule has 10 nitrogen and oxygen atoms in total. The molecule has 1 unspecified atom stereocenters. The van der Waals surface area contributed by atoms with Crippen LogP contribution in [-0.4, -0.2) is 92.4 Å². The summed E-state index contributed by atoms with van der Waals surface area (Å²) in [6.45, 7) is 4.56. The molecule has 3 N–H and O–H groups in total. The maximum absolute atomic E-state index is 14.6. The molecule has 1 aliphatic carbocycles. The Balaban J connectivity index is 1.15. The highest BCUT2D eigenvalue weighted by molar-refractivity contribution is 6.01. The number of fused-ring (bicyclic) bond motifs is 5. The largest absolute Gasteiger partial charge is 0.361 e. The number of ether oxygens (including phenoxy) is 1. The quantitative estimate of drug-likeness (QED) is 0.410. The van der Waals surface area contributed by atoms with E-state index in [0.717, 1.165) is 28.6 Å². The lowest BCUT2D eigenvalue weighted by molar-refractivity contribution is -0.321. The smallest absolute Gasteiger partial charge is 0.281 e. The Kier molecular flexibility index (Phi) is 6.33. The van der Waals surface area contributed by atoms with Crippen LogP contribution in [0.5, 0.6) is 0 Å². The number of aromatic amines is 1. The fraction of sp³-hybridized carbons (Fsp3) is 0.457. The van der Waals surface area contributed by atoms with Crippen molar-refractivity contribution in [1.82, 2.24) is 25.0 Å². The van der Waals surface area contributed by atoms with Gasteiger partial charge in [0.25, 0.3) is 11.8 Å². The molecular formula is C35H39N5O5. The fourth-order valence-corrected chi connectivity index (χ4v) is 8.47. The summed E-state index contributed by atoms with van der Waals surface area (Å²) in [4.78, 5) is 51.2. The SMILES string of the molecule is CC(C)[C@@]1(NC(=O)C2C=C3c4cccc5[nH]cc(c45)C[C@H]3N(C)C2)O[C@@]2(O)[C@@H]3CCCN3C(=O)[C@H](Cc3ccccc3)N2C1=O. The van der Waals surface area contributed by atoms with Crippen molar-refractivity contribution in [2.45, 2.75) is 69.3 Å². The molecule has 5 aliphatic rings. The normalized spacial score (nSPS) is 32.5. The van der Waals surface area contributed by atoms with Gasteiger partial charge in [-0.2, -0.15) is 0 Å². The van der Waals surface area contributed by atoms with Crippen LogP contribution < -0.4 is 5.32 Å². The molecule has 0 bridgehead atoms. The number of hydrogen-bond acceptors (Lipinski definition) is 6. The first-order valence-electron chi connectivity index (χ1n) is 16.1. The van der Waals surface area contributed by atoms with Crippen molar-refractivity contribution in [3.63, 3.8) is 0 Å². The standard InChI is InChI=1S/C35H39N5O5/c1-20(2)34(37-31(41)23-16-25-24-11-7-12-26-30(24)22(18-36-26)17-27(25)38(3)19-23)33(43)40-28(15-21-9-5-4-6-10-21)32(42)39-14-8-13-29(39)35(40,44)45-34/h4-7,9-12,16,18,20,23,27-29,36,44H,8,13-15,17,19H2,1-3H3,(H,37,41)/t23?,27-,28+,29+,34-,35+/m1/s1. The zero-order valence-electron chi connectivity index (χ0n) is 25.8.